The van der Waals surface area contributed by atoms with E-state index >= 15 is 0 Å². The van der Waals surface area contributed by atoms with Crippen LogP contribution in [0.2, 0.25) is 0 Å². The molecule has 1 aliphatic carbocycles. The quantitative estimate of drug-likeness (QED) is 0.536. The molecule has 0 amide bonds. The Morgan fingerprint density at radius 2 is 1.57 bits per heavy atom. The van der Waals surface area contributed by atoms with E-state index in [0.29, 0.717) is 12.6 Å². The van der Waals surface area contributed by atoms with E-state index in [-0.39, 0.29) is 5.60 Å². The van der Waals surface area contributed by atoms with Crippen molar-refractivity contribution >= 4 is 0 Å². The minimum atomic E-state index is -0.0284. The van der Waals surface area contributed by atoms with Crippen LogP contribution in [0.5, 0.6) is 11.5 Å². The van der Waals surface area contributed by atoms with E-state index in [2.05, 4.69) is 66.0 Å². The fraction of sp³-hybridized carbons (Fsp3) is 0.333. The highest BCUT2D eigenvalue weighted by Crippen LogP contribution is 2.48. The predicted molar refractivity (Wildman–Crippen MR) is 120 cm³/mol. The third-order valence-corrected chi connectivity index (χ3v) is 6.42. The summed E-state index contributed by atoms with van der Waals surface area (Å²) in [4.78, 5) is 0. The van der Waals surface area contributed by atoms with Crippen LogP contribution in [0.4, 0.5) is 0 Å². The summed E-state index contributed by atoms with van der Waals surface area (Å²) in [5, 5.41) is 3.80. The molecule has 3 nitrogen and oxygen atoms in total. The molecule has 1 spiro atoms. The Balaban J connectivity index is 1.36. The van der Waals surface area contributed by atoms with E-state index in [1.54, 1.807) is 0 Å². The summed E-state index contributed by atoms with van der Waals surface area (Å²) in [6.07, 6.45) is 5.84. The normalized spacial score (nSPS) is 19.3. The Labute approximate surface area is 179 Å². The summed E-state index contributed by atoms with van der Waals surface area (Å²) in [6.45, 7) is 1.44. The van der Waals surface area contributed by atoms with Crippen molar-refractivity contribution < 1.29 is 9.47 Å². The maximum atomic E-state index is 6.64. The molecule has 1 saturated carbocycles. The van der Waals surface area contributed by atoms with Crippen LogP contribution in [-0.2, 0) is 13.2 Å². The standard InChI is InChI=1S/C27H29NO2/c1-3-9-21(10-4-1)19-28-25-18-27(15-7-8-16-27)30-26-17-23(13-14-24(25)26)29-20-22-11-5-2-6-12-22/h1-6,9-14,17,25,28H,7-8,15-16,18-20H2. The number of nitrogens with one attached hydrogen (secondary N) is 1. The molecule has 2 aliphatic rings. The van der Waals surface area contributed by atoms with Gasteiger partial charge in [0.05, 0.1) is 0 Å². The van der Waals surface area contributed by atoms with Gasteiger partial charge in [0.2, 0.25) is 0 Å². The molecule has 5 rings (SSSR count). The van der Waals surface area contributed by atoms with Gasteiger partial charge < -0.3 is 14.8 Å². The van der Waals surface area contributed by atoms with Gasteiger partial charge in [-0.15, -0.1) is 0 Å². The zero-order valence-electron chi connectivity index (χ0n) is 17.3. The predicted octanol–water partition coefficient (Wildman–Crippen LogP) is 6.19. The lowest BCUT2D eigenvalue weighted by Gasteiger charge is -2.40. The molecule has 0 radical (unpaired) electrons. The molecule has 30 heavy (non-hydrogen) atoms. The first-order chi connectivity index (χ1) is 14.8. The van der Waals surface area contributed by atoms with Gasteiger partial charge in [0.15, 0.2) is 0 Å². The summed E-state index contributed by atoms with van der Waals surface area (Å²) in [6, 6.07) is 27.6. The van der Waals surface area contributed by atoms with Crippen molar-refractivity contribution in [1.82, 2.24) is 5.32 Å². The zero-order chi connectivity index (χ0) is 20.2. The Morgan fingerprint density at radius 3 is 2.30 bits per heavy atom. The first-order valence-electron chi connectivity index (χ1n) is 11.1. The molecule has 1 fully saturated rings. The number of benzene rings is 3. The maximum absolute atomic E-state index is 6.64. The van der Waals surface area contributed by atoms with Crippen molar-refractivity contribution in [2.45, 2.75) is 56.9 Å². The first-order valence-corrected chi connectivity index (χ1v) is 11.1. The largest absolute Gasteiger partial charge is 0.489 e. The van der Waals surface area contributed by atoms with Crippen molar-refractivity contribution in [3.63, 3.8) is 0 Å². The maximum Gasteiger partial charge on any atom is 0.128 e. The minimum absolute atomic E-state index is 0.0284. The van der Waals surface area contributed by atoms with Gasteiger partial charge in [-0.1, -0.05) is 66.7 Å². The minimum Gasteiger partial charge on any atom is -0.489 e. The second-order valence-corrected chi connectivity index (χ2v) is 8.59. The molecule has 1 aliphatic heterocycles. The van der Waals surface area contributed by atoms with Crippen LogP contribution in [0, 0.1) is 0 Å². The lowest BCUT2D eigenvalue weighted by Crippen LogP contribution is -2.42. The van der Waals surface area contributed by atoms with Gasteiger partial charge in [0.25, 0.3) is 0 Å². The Bertz CT molecular complexity index is 965. The summed E-state index contributed by atoms with van der Waals surface area (Å²) >= 11 is 0. The zero-order valence-corrected chi connectivity index (χ0v) is 17.3. The van der Waals surface area contributed by atoms with Crippen LogP contribution >= 0.6 is 0 Å². The van der Waals surface area contributed by atoms with E-state index in [9.17, 15) is 0 Å². The second kappa shape index (κ2) is 8.53. The highest BCUT2D eigenvalue weighted by Gasteiger charge is 2.43. The lowest BCUT2D eigenvalue weighted by atomic mass is 9.85. The number of rotatable bonds is 6. The Hall–Kier alpha value is -2.78. The molecule has 154 valence electrons. The summed E-state index contributed by atoms with van der Waals surface area (Å²) in [5.41, 5.74) is 3.70. The van der Waals surface area contributed by atoms with E-state index in [1.807, 2.05) is 18.2 Å². The molecule has 3 aromatic rings. The average Bonchev–Trinajstić information content (AvgIpc) is 3.24. The molecule has 0 aromatic heterocycles. The number of fused-ring (bicyclic) bond motifs is 1. The summed E-state index contributed by atoms with van der Waals surface area (Å²) in [5.74, 6) is 1.86. The Morgan fingerprint density at radius 1 is 0.867 bits per heavy atom. The van der Waals surface area contributed by atoms with E-state index in [1.165, 1.54) is 29.5 Å². The van der Waals surface area contributed by atoms with E-state index in [4.69, 9.17) is 9.47 Å². The molecule has 0 bridgehead atoms. The van der Waals surface area contributed by atoms with Gasteiger partial charge >= 0.3 is 0 Å². The Kier molecular flexibility index (Phi) is 5.46. The molecular weight excluding hydrogens is 370 g/mol. The van der Waals surface area contributed by atoms with Crippen molar-refractivity contribution in [3.05, 3.63) is 95.6 Å². The van der Waals surface area contributed by atoms with Crippen LogP contribution in [0.3, 0.4) is 0 Å². The van der Waals surface area contributed by atoms with Gasteiger partial charge in [0.1, 0.15) is 23.7 Å². The highest BCUT2D eigenvalue weighted by atomic mass is 16.5. The molecule has 3 heteroatoms. The van der Waals surface area contributed by atoms with Crippen molar-refractivity contribution in [1.29, 1.82) is 0 Å². The van der Waals surface area contributed by atoms with Crippen LogP contribution < -0.4 is 14.8 Å². The second-order valence-electron chi connectivity index (χ2n) is 8.59. The number of hydrogen-bond acceptors (Lipinski definition) is 3. The van der Waals surface area contributed by atoms with Gasteiger partial charge in [-0.05, 0) is 42.9 Å². The number of ether oxygens (including phenoxy) is 2. The molecular formula is C27H29NO2. The van der Waals surface area contributed by atoms with Crippen molar-refractivity contribution in [3.8, 4) is 11.5 Å². The molecule has 3 aromatic carbocycles. The first kappa shape index (κ1) is 19.2. The fourth-order valence-electron chi connectivity index (χ4n) is 4.82. The van der Waals surface area contributed by atoms with Crippen LogP contribution in [0.1, 0.15) is 54.8 Å². The van der Waals surface area contributed by atoms with E-state index in [0.717, 1.165) is 37.3 Å². The van der Waals surface area contributed by atoms with Crippen LogP contribution in [0.25, 0.3) is 0 Å². The molecule has 1 N–H and O–H groups in total. The lowest BCUT2D eigenvalue weighted by molar-refractivity contribution is 0.0361. The van der Waals surface area contributed by atoms with Gasteiger partial charge in [-0.25, -0.2) is 0 Å². The highest BCUT2D eigenvalue weighted by molar-refractivity contribution is 5.45. The smallest absolute Gasteiger partial charge is 0.128 e. The molecule has 1 unspecified atom stereocenters. The summed E-state index contributed by atoms with van der Waals surface area (Å²) in [7, 11) is 0. The topological polar surface area (TPSA) is 30.5 Å². The fourth-order valence-corrected chi connectivity index (χ4v) is 4.82. The van der Waals surface area contributed by atoms with Gasteiger partial charge in [0, 0.05) is 30.6 Å². The van der Waals surface area contributed by atoms with E-state index < -0.39 is 0 Å². The number of hydrogen-bond donors (Lipinski definition) is 1. The third kappa shape index (κ3) is 4.22. The third-order valence-electron chi connectivity index (χ3n) is 6.42. The molecule has 1 heterocycles. The molecule has 1 atom stereocenters. The van der Waals surface area contributed by atoms with Crippen LogP contribution in [-0.4, -0.2) is 5.60 Å². The summed E-state index contributed by atoms with van der Waals surface area (Å²) < 4.78 is 12.7. The van der Waals surface area contributed by atoms with Crippen molar-refractivity contribution in [2.24, 2.45) is 0 Å². The molecule has 0 saturated heterocycles. The monoisotopic (exact) mass is 399 g/mol. The van der Waals surface area contributed by atoms with Gasteiger partial charge in [-0.2, -0.15) is 0 Å². The van der Waals surface area contributed by atoms with Crippen molar-refractivity contribution in [2.75, 3.05) is 0 Å². The average molecular weight is 400 g/mol. The van der Waals surface area contributed by atoms with Crippen LogP contribution in [0.15, 0.2) is 78.9 Å². The van der Waals surface area contributed by atoms with Gasteiger partial charge in [-0.3, -0.25) is 0 Å². The SMILES string of the molecule is c1ccc(CNC2CC3(CCCC3)Oc3cc(OCc4ccccc4)ccc32)cc1.